The molecule has 2 rings (SSSR count). The summed E-state index contributed by atoms with van der Waals surface area (Å²) in [6.45, 7) is 8.14. The number of amides is 2. The second-order valence-corrected chi connectivity index (χ2v) is 6.57. The highest BCUT2D eigenvalue weighted by atomic mass is 16.2. The number of hydrogen-bond acceptors (Lipinski definition) is 3. The van der Waals surface area contributed by atoms with E-state index in [4.69, 9.17) is 0 Å². The van der Waals surface area contributed by atoms with Crippen molar-refractivity contribution in [1.29, 1.82) is 0 Å². The van der Waals surface area contributed by atoms with Gasteiger partial charge in [0.25, 0.3) is 5.91 Å². The summed E-state index contributed by atoms with van der Waals surface area (Å²) in [4.78, 5) is 24.1. The largest absolute Gasteiger partial charge is 0.376 e. The molecule has 0 saturated heterocycles. The molecular weight excluding hydrogens is 326 g/mol. The van der Waals surface area contributed by atoms with Crippen molar-refractivity contribution >= 4 is 23.2 Å². The van der Waals surface area contributed by atoms with Gasteiger partial charge in [-0.25, -0.2) is 0 Å². The van der Waals surface area contributed by atoms with Crippen molar-refractivity contribution in [3.05, 3.63) is 59.2 Å². The Bertz CT molecular complexity index is 767. The van der Waals surface area contributed by atoms with Gasteiger partial charge in [0.15, 0.2) is 0 Å². The Labute approximate surface area is 155 Å². The molecule has 2 amide bonds. The van der Waals surface area contributed by atoms with Gasteiger partial charge in [0.2, 0.25) is 5.91 Å². The third kappa shape index (κ3) is 5.34. The van der Waals surface area contributed by atoms with E-state index in [1.165, 1.54) is 5.56 Å². The molecule has 3 N–H and O–H groups in total. The Morgan fingerprint density at radius 1 is 1.04 bits per heavy atom. The van der Waals surface area contributed by atoms with Crippen LogP contribution < -0.4 is 16.0 Å². The Morgan fingerprint density at radius 2 is 1.73 bits per heavy atom. The first kappa shape index (κ1) is 19.5. The van der Waals surface area contributed by atoms with E-state index in [0.717, 1.165) is 17.7 Å². The summed E-state index contributed by atoms with van der Waals surface area (Å²) in [5, 5.41) is 8.91. The van der Waals surface area contributed by atoms with Crippen molar-refractivity contribution in [3.8, 4) is 0 Å². The van der Waals surface area contributed by atoms with E-state index in [1.54, 1.807) is 24.3 Å². The maximum atomic E-state index is 12.2. The van der Waals surface area contributed by atoms with E-state index >= 15 is 0 Å². The normalized spacial score (nSPS) is 10.5. The van der Waals surface area contributed by atoms with E-state index in [0.29, 0.717) is 11.3 Å². The first-order chi connectivity index (χ1) is 12.4. The predicted octanol–water partition coefficient (Wildman–Crippen LogP) is 3.75. The Kier molecular flexibility index (Phi) is 6.78. The van der Waals surface area contributed by atoms with Gasteiger partial charge in [-0.1, -0.05) is 25.1 Å². The van der Waals surface area contributed by atoms with Crippen LogP contribution in [0.5, 0.6) is 0 Å². The summed E-state index contributed by atoms with van der Waals surface area (Å²) in [5.74, 6) is -0.249. The Balaban J connectivity index is 1.93. The fourth-order valence-electron chi connectivity index (χ4n) is 2.70. The van der Waals surface area contributed by atoms with Crippen LogP contribution in [0.2, 0.25) is 0 Å². The van der Waals surface area contributed by atoms with Crippen LogP contribution in [0.25, 0.3) is 0 Å². The molecule has 2 aromatic carbocycles. The molecule has 0 aliphatic heterocycles. The van der Waals surface area contributed by atoms with Gasteiger partial charge in [-0.2, -0.15) is 0 Å². The zero-order valence-electron chi connectivity index (χ0n) is 15.8. The van der Waals surface area contributed by atoms with E-state index < -0.39 is 0 Å². The van der Waals surface area contributed by atoms with Crippen LogP contribution in [-0.2, 0) is 11.2 Å². The molecule has 0 aliphatic carbocycles. The fourth-order valence-corrected chi connectivity index (χ4v) is 2.70. The molecular formula is C21H27N3O2. The average Bonchev–Trinajstić information content (AvgIpc) is 2.60. The molecule has 138 valence electrons. The van der Waals surface area contributed by atoms with Gasteiger partial charge in [-0.3, -0.25) is 9.59 Å². The second-order valence-electron chi connectivity index (χ2n) is 6.57. The average molecular weight is 353 g/mol. The van der Waals surface area contributed by atoms with E-state index in [9.17, 15) is 9.59 Å². The number of anilines is 2. The highest BCUT2D eigenvalue weighted by Gasteiger charge is 2.09. The summed E-state index contributed by atoms with van der Waals surface area (Å²) < 4.78 is 0. The molecule has 0 heterocycles. The number of para-hydroxylation sites is 1. The third-order valence-electron chi connectivity index (χ3n) is 4.02. The lowest BCUT2D eigenvalue weighted by Crippen LogP contribution is -2.30. The molecule has 0 atom stereocenters. The minimum absolute atomic E-state index is 0.0856. The maximum Gasteiger partial charge on any atom is 0.251 e. The van der Waals surface area contributed by atoms with Crippen molar-refractivity contribution in [3.63, 3.8) is 0 Å². The second kappa shape index (κ2) is 9.04. The van der Waals surface area contributed by atoms with Crippen LogP contribution in [0.15, 0.2) is 42.5 Å². The van der Waals surface area contributed by atoms with Gasteiger partial charge in [0.1, 0.15) is 0 Å². The lowest BCUT2D eigenvalue weighted by atomic mass is 10.1. The smallest absolute Gasteiger partial charge is 0.251 e. The van der Waals surface area contributed by atoms with Crippen LogP contribution in [0.4, 0.5) is 11.4 Å². The number of nitrogens with one attached hydrogen (secondary N) is 3. The van der Waals surface area contributed by atoms with Crippen molar-refractivity contribution in [2.75, 3.05) is 17.2 Å². The standard InChI is InChI=1S/C21H27N3O2/c1-5-16-8-6-7-15(4)20(16)22-13-19(25)24-18-11-9-17(10-12-18)21(26)23-14(2)3/h6-12,14,22H,5,13H2,1-4H3,(H,23,26)(H,24,25). The number of benzene rings is 2. The van der Waals surface area contributed by atoms with Gasteiger partial charge in [0, 0.05) is 23.0 Å². The zero-order valence-corrected chi connectivity index (χ0v) is 15.8. The molecule has 2 aromatic rings. The van der Waals surface area contributed by atoms with Crippen LogP contribution in [0.3, 0.4) is 0 Å². The van der Waals surface area contributed by atoms with Gasteiger partial charge < -0.3 is 16.0 Å². The molecule has 26 heavy (non-hydrogen) atoms. The third-order valence-corrected chi connectivity index (χ3v) is 4.02. The number of rotatable bonds is 7. The van der Waals surface area contributed by atoms with Crippen molar-refractivity contribution < 1.29 is 9.59 Å². The summed E-state index contributed by atoms with van der Waals surface area (Å²) in [7, 11) is 0. The van der Waals surface area contributed by atoms with Crippen LogP contribution in [-0.4, -0.2) is 24.4 Å². The highest BCUT2D eigenvalue weighted by Crippen LogP contribution is 2.20. The number of hydrogen-bond donors (Lipinski definition) is 3. The Hall–Kier alpha value is -2.82. The Morgan fingerprint density at radius 3 is 2.35 bits per heavy atom. The van der Waals surface area contributed by atoms with Crippen molar-refractivity contribution in [2.45, 2.75) is 40.2 Å². The summed E-state index contributed by atoms with van der Waals surface area (Å²) >= 11 is 0. The number of carbonyl (C=O) groups excluding carboxylic acids is 2. The molecule has 0 bridgehead atoms. The number of aryl methyl sites for hydroxylation is 2. The van der Waals surface area contributed by atoms with Crippen LogP contribution >= 0.6 is 0 Å². The topological polar surface area (TPSA) is 70.2 Å². The molecule has 0 fully saturated rings. The van der Waals surface area contributed by atoms with Gasteiger partial charge in [-0.15, -0.1) is 0 Å². The SMILES string of the molecule is CCc1cccc(C)c1NCC(=O)Nc1ccc(C(=O)NC(C)C)cc1. The first-order valence-corrected chi connectivity index (χ1v) is 8.93. The molecule has 0 unspecified atom stereocenters. The minimum atomic E-state index is -0.130. The van der Waals surface area contributed by atoms with Gasteiger partial charge in [0.05, 0.1) is 6.54 Å². The van der Waals surface area contributed by atoms with Crippen molar-refractivity contribution in [1.82, 2.24) is 5.32 Å². The molecule has 0 aromatic heterocycles. The maximum absolute atomic E-state index is 12.2. The molecule has 0 radical (unpaired) electrons. The summed E-state index contributed by atoms with van der Waals surface area (Å²) in [6, 6.07) is 13.1. The molecule has 0 saturated carbocycles. The molecule has 5 heteroatoms. The highest BCUT2D eigenvalue weighted by molar-refractivity contribution is 5.96. The lowest BCUT2D eigenvalue weighted by Gasteiger charge is -2.14. The monoisotopic (exact) mass is 353 g/mol. The molecule has 0 spiro atoms. The van der Waals surface area contributed by atoms with Crippen molar-refractivity contribution in [2.24, 2.45) is 0 Å². The summed E-state index contributed by atoms with van der Waals surface area (Å²) in [5.41, 5.74) is 4.57. The minimum Gasteiger partial charge on any atom is -0.376 e. The van der Waals surface area contributed by atoms with Crippen LogP contribution in [0, 0.1) is 6.92 Å². The zero-order chi connectivity index (χ0) is 19.1. The number of carbonyl (C=O) groups is 2. The first-order valence-electron chi connectivity index (χ1n) is 8.93. The van der Waals surface area contributed by atoms with Crippen LogP contribution in [0.1, 0.15) is 42.3 Å². The van der Waals surface area contributed by atoms with E-state index in [1.807, 2.05) is 32.9 Å². The summed E-state index contributed by atoms with van der Waals surface area (Å²) in [6.07, 6.45) is 0.908. The van der Waals surface area contributed by atoms with Gasteiger partial charge in [-0.05, 0) is 62.6 Å². The molecule has 0 aliphatic rings. The van der Waals surface area contributed by atoms with E-state index in [-0.39, 0.29) is 24.4 Å². The van der Waals surface area contributed by atoms with Gasteiger partial charge >= 0.3 is 0 Å². The predicted molar refractivity (Wildman–Crippen MR) is 107 cm³/mol. The lowest BCUT2D eigenvalue weighted by molar-refractivity contribution is -0.114. The molecule has 5 nitrogen and oxygen atoms in total. The fraction of sp³-hybridized carbons (Fsp3) is 0.333. The quantitative estimate of drug-likeness (QED) is 0.710. The van der Waals surface area contributed by atoms with E-state index in [2.05, 4.69) is 28.9 Å².